The van der Waals surface area contributed by atoms with Gasteiger partial charge < -0.3 is 20.1 Å². The molecule has 31 heavy (non-hydrogen) atoms. The minimum atomic E-state index is 0.506. The lowest BCUT2D eigenvalue weighted by Gasteiger charge is -2.34. The van der Waals surface area contributed by atoms with Crippen molar-refractivity contribution in [2.24, 2.45) is 0 Å². The summed E-state index contributed by atoms with van der Waals surface area (Å²) in [6.45, 7) is 6.21. The maximum atomic E-state index is 6.42. The van der Waals surface area contributed by atoms with Gasteiger partial charge in [0.1, 0.15) is 5.82 Å². The molecule has 0 aliphatic carbocycles. The molecule has 3 heterocycles. The number of aromatic amines is 1. The number of halogens is 1. The molecule has 0 amide bonds. The van der Waals surface area contributed by atoms with Crippen LogP contribution in [0, 0.1) is 6.92 Å². The predicted octanol–water partition coefficient (Wildman–Crippen LogP) is 4.48. The van der Waals surface area contributed by atoms with E-state index in [0.717, 1.165) is 54.3 Å². The van der Waals surface area contributed by atoms with Crippen molar-refractivity contribution in [2.45, 2.75) is 6.92 Å². The third-order valence-electron chi connectivity index (χ3n) is 5.61. The van der Waals surface area contributed by atoms with E-state index < -0.39 is 0 Å². The number of aromatic nitrogens is 4. The third kappa shape index (κ3) is 4.19. The van der Waals surface area contributed by atoms with Crippen LogP contribution in [0.25, 0.3) is 22.3 Å². The number of H-pyrrole nitrogens is 1. The van der Waals surface area contributed by atoms with Gasteiger partial charge in [-0.05, 0) is 50.4 Å². The first-order valence-electron chi connectivity index (χ1n) is 10.3. The van der Waals surface area contributed by atoms with Gasteiger partial charge in [0.2, 0.25) is 5.95 Å². The van der Waals surface area contributed by atoms with Gasteiger partial charge >= 0.3 is 0 Å². The Morgan fingerprint density at radius 1 is 1.00 bits per heavy atom. The van der Waals surface area contributed by atoms with E-state index in [4.69, 9.17) is 11.6 Å². The maximum absolute atomic E-state index is 6.42. The summed E-state index contributed by atoms with van der Waals surface area (Å²) in [5, 5.41) is 3.80. The molecule has 2 aromatic heterocycles. The van der Waals surface area contributed by atoms with Gasteiger partial charge in [0.15, 0.2) is 0 Å². The van der Waals surface area contributed by atoms with Crippen LogP contribution in [0.15, 0.2) is 48.7 Å². The molecule has 0 spiro atoms. The van der Waals surface area contributed by atoms with Crippen LogP contribution in [0.2, 0.25) is 5.02 Å². The largest absolute Gasteiger partial charge is 0.369 e. The van der Waals surface area contributed by atoms with Gasteiger partial charge in [0.25, 0.3) is 0 Å². The van der Waals surface area contributed by atoms with Crippen molar-refractivity contribution in [3.8, 4) is 11.3 Å². The second-order valence-electron chi connectivity index (χ2n) is 7.91. The number of aryl methyl sites for hydroxylation is 1. The molecule has 1 aliphatic heterocycles. The van der Waals surface area contributed by atoms with Crippen LogP contribution in [-0.4, -0.2) is 58.1 Å². The fourth-order valence-electron chi connectivity index (χ4n) is 3.86. The van der Waals surface area contributed by atoms with E-state index in [1.54, 1.807) is 6.20 Å². The summed E-state index contributed by atoms with van der Waals surface area (Å²) >= 11 is 6.42. The van der Waals surface area contributed by atoms with Crippen LogP contribution in [-0.2, 0) is 0 Å². The molecule has 2 aromatic carbocycles. The quantitative estimate of drug-likeness (QED) is 0.494. The summed E-state index contributed by atoms with van der Waals surface area (Å²) in [5.74, 6) is 1.39. The summed E-state index contributed by atoms with van der Waals surface area (Å²) in [5.41, 5.74) is 5.65. The first-order valence-corrected chi connectivity index (χ1v) is 10.7. The van der Waals surface area contributed by atoms with Gasteiger partial charge in [-0.2, -0.15) is 0 Å². The topological polar surface area (TPSA) is 73.0 Å². The van der Waals surface area contributed by atoms with E-state index in [1.165, 1.54) is 5.69 Å². The van der Waals surface area contributed by atoms with Gasteiger partial charge in [-0.15, -0.1) is 0 Å². The first kappa shape index (κ1) is 19.8. The molecule has 0 saturated carbocycles. The zero-order chi connectivity index (χ0) is 21.4. The summed E-state index contributed by atoms with van der Waals surface area (Å²) in [4.78, 5) is 21.5. The molecule has 158 valence electrons. The third-order valence-corrected chi connectivity index (χ3v) is 5.89. The van der Waals surface area contributed by atoms with Crippen molar-refractivity contribution in [1.82, 2.24) is 24.8 Å². The van der Waals surface area contributed by atoms with E-state index in [-0.39, 0.29) is 0 Å². The van der Waals surface area contributed by atoms with Crippen LogP contribution in [0.5, 0.6) is 0 Å². The van der Waals surface area contributed by atoms with Crippen molar-refractivity contribution in [3.05, 3.63) is 59.5 Å². The van der Waals surface area contributed by atoms with Gasteiger partial charge in [0, 0.05) is 43.1 Å². The highest BCUT2D eigenvalue weighted by Crippen LogP contribution is 2.29. The van der Waals surface area contributed by atoms with E-state index in [2.05, 4.69) is 66.4 Å². The van der Waals surface area contributed by atoms with E-state index in [1.807, 2.05) is 25.1 Å². The van der Waals surface area contributed by atoms with Crippen molar-refractivity contribution in [2.75, 3.05) is 43.4 Å². The molecule has 0 atom stereocenters. The van der Waals surface area contributed by atoms with E-state index >= 15 is 0 Å². The van der Waals surface area contributed by atoms with Crippen LogP contribution in [0.4, 0.5) is 17.3 Å². The van der Waals surface area contributed by atoms with Gasteiger partial charge in [-0.25, -0.2) is 15.0 Å². The smallest absolute Gasteiger partial charge is 0.227 e. The fraction of sp³-hybridized carbons (Fsp3) is 0.261. The lowest BCUT2D eigenvalue weighted by molar-refractivity contribution is 0.313. The lowest BCUT2D eigenvalue weighted by atomic mass is 10.1. The Balaban J connectivity index is 1.36. The average Bonchev–Trinajstić information content (AvgIpc) is 3.15. The summed E-state index contributed by atoms with van der Waals surface area (Å²) in [6, 6.07) is 14.4. The molecule has 1 aliphatic rings. The van der Waals surface area contributed by atoms with Crippen LogP contribution < -0.4 is 10.2 Å². The summed E-state index contributed by atoms with van der Waals surface area (Å²) < 4.78 is 0. The highest BCUT2D eigenvalue weighted by Gasteiger charge is 2.14. The SMILES string of the molecule is Cc1nc2ccc(-c3nc(Nc4ccc(N5CCN(C)CC5)cc4)ncc3Cl)cc2[nH]1. The summed E-state index contributed by atoms with van der Waals surface area (Å²) in [7, 11) is 2.17. The van der Waals surface area contributed by atoms with Crippen molar-refractivity contribution < 1.29 is 0 Å². The minimum Gasteiger partial charge on any atom is -0.369 e. The minimum absolute atomic E-state index is 0.506. The second-order valence-corrected chi connectivity index (χ2v) is 8.31. The number of imidazole rings is 1. The molecular formula is C23H24ClN7. The molecule has 0 radical (unpaired) electrons. The summed E-state index contributed by atoms with van der Waals surface area (Å²) in [6.07, 6.45) is 1.63. The highest BCUT2D eigenvalue weighted by atomic mass is 35.5. The molecule has 0 bridgehead atoms. The lowest BCUT2D eigenvalue weighted by Crippen LogP contribution is -2.44. The van der Waals surface area contributed by atoms with Crippen molar-refractivity contribution >= 4 is 40.0 Å². The van der Waals surface area contributed by atoms with Crippen molar-refractivity contribution in [1.29, 1.82) is 0 Å². The standard InChI is InChI=1S/C23H24ClN7/c1-15-26-20-8-3-16(13-21(20)27-15)22-19(24)14-25-23(29-22)28-17-4-6-18(7-5-17)31-11-9-30(2)10-12-31/h3-8,13-14H,9-12H2,1-2H3,(H,26,27)(H,25,28,29). The molecule has 8 heteroatoms. The number of rotatable bonds is 4. The Hall–Kier alpha value is -3.16. The van der Waals surface area contributed by atoms with Crippen molar-refractivity contribution in [3.63, 3.8) is 0 Å². The number of fused-ring (bicyclic) bond motifs is 1. The van der Waals surface area contributed by atoms with Crippen LogP contribution >= 0.6 is 11.6 Å². The molecule has 1 saturated heterocycles. The predicted molar refractivity (Wildman–Crippen MR) is 126 cm³/mol. The first-order chi connectivity index (χ1) is 15.0. The number of anilines is 3. The Labute approximate surface area is 186 Å². The van der Waals surface area contributed by atoms with Gasteiger partial charge in [-0.1, -0.05) is 17.7 Å². The molecule has 7 nitrogen and oxygen atoms in total. The Kier molecular flexibility index (Phi) is 5.21. The van der Waals surface area contributed by atoms with Crippen LogP contribution in [0.3, 0.4) is 0 Å². The fourth-order valence-corrected chi connectivity index (χ4v) is 4.06. The Morgan fingerprint density at radius 2 is 1.77 bits per heavy atom. The molecule has 5 rings (SSSR count). The average molecular weight is 434 g/mol. The molecule has 4 aromatic rings. The Morgan fingerprint density at radius 3 is 2.55 bits per heavy atom. The Bertz CT molecular complexity index is 1210. The number of hydrogen-bond donors (Lipinski definition) is 2. The number of nitrogens with one attached hydrogen (secondary N) is 2. The normalized spacial score (nSPS) is 14.9. The number of likely N-dealkylation sites (N-methyl/N-ethyl adjacent to an activating group) is 1. The number of benzene rings is 2. The zero-order valence-corrected chi connectivity index (χ0v) is 18.3. The highest BCUT2D eigenvalue weighted by molar-refractivity contribution is 6.33. The van der Waals surface area contributed by atoms with E-state index in [9.17, 15) is 0 Å². The molecular weight excluding hydrogens is 410 g/mol. The monoisotopic (exact) mass is 433 g/mol. The number of nitrogens with zero attached hydrogens (tertiary/aromatic N) is 5. The molecule has 0 unspecified atom stereocenters. The zero-order valence-electron chi connectivity index (χ0n) is 17.6. The molecule has 2 N–H and O–H groups in total. The second kappa shape index (κ2) is 8.17. The van der Waals surface area contributed by atoms with Gasteiger partial charge in [-0.3, -0.25) is 0 Å². The van der Waals surface area contributed by atoms with Crippen LogP contribution in [0.1, 0.15) is 5.82 Å². The number of piperazine rings is 1. The maximum Gasteiger partial charge on any atom is 0.227 e. The van der Waals surface area contributed by atoms with Gasteiger partial charge in [0.05, 0.1) is 27.9 Å². The number of hydrogen-bond acceptors (Lipinski definition) is 6. The van der Waals surface area contributed by atoms with E-state index in [0.29, 0.717) is 16.7 Å². The molecule has 1 fully saturated rings.